The van der Waals surface area contributed by atoms with E-state index in [-0.39, 0.29) is 17.2 Å². The van der Waals surface area contributed by atoms with Gasteiger partial charge in [-0.05, 0) is 12.5 Å². The monoisotopic (exact) mass is 329 g/mol. The first-order valence-corrected chi connectivity index (χ1v) is 6.46. The second-order valence-corrected chi connectivity index (χ2v) is 4.32. The third-order valence-electron chi connectivity index (χ3n) is 2.68. The van der Waals surface area contributed by atoms with E-state index in [1.807, 2.05) is 5.32 Å². The molecule has 0 saturated carbocycles. The summed E-state index contributed by atoms with van der Waals surface area (Å²) in [5, 5.41) is 14.6. The summed E-state index contributed by atoms with van der Waals surface area (Å²) in [4.78, 5) is 44.3. The third kappa shape index (κ3) is 3.90. The van der Waals surface area contributed by atoms with Crippen LogP contribution in [0.2, 0.25) is 0 Å². The fourth-order valence-electron chi connectivity index (χ4n) is 1.62. The minimum atomic E-state index is -0.896. The van der Waals surface area contributed by atoms with Gasteiger partial charge in [0.15, 0.2) is 11.5 Å². The Morgan fingerprint density at radius 3 is 2.96 bits per heavy atom. The Balaban J connectivity index is 2.21. The number of aromatic nitrogens is 4. The molecule has 0 spiro atoms. The maximum Gasteiger partial charge on any atom is 0.262 e. The fourth-order valence-corrected chi connectivity index (χ4v) is 1.62. The lowest BCUT2D eigenvalue weighted by atomic mass is 10.2. The van der Waals surface area contributed by atoms with Crippen molar-refractivity contribution in [2.24, 2.45) is 10.1 Å². The lowest BCUT2D eigenvalue weighted by Gasteiger charge is -2.04. The van der Waals surface area contributed by atoms with Crippen molar-refractivity contribution >= 4 is 35.0 Å². The van der Waals surface area contributed by atoms with Crippen LogP contribution in [0.5, 0.6) is 0 Å². The van der Waals surface area contributed by atoms with Gasteiger partial charge >= 0.3 is 0 Å². The van der Waals surface area contributed by atoms with Crippen molar-refractivity contribution in [3.8, 4) is 0 Å². The molecule has 0 aromatic carbocycles. The molecule has 2 aromatic rings. The lowest BCUT2D eigenvalue weighted by molar-refractivity contribution is -0.127. The molecule has 0 unspecified atom stereocenters. The first kappa shape index (κ1) is 16.6. The SMILES string of the molecule is C/C(O)=C(\C=Nc1ncnc2nc[nH]c12)C(=O)NC(=O)CN=[N+]=[N-]. The summed E-state index contributed by atoms with van der Waals surface area (Å²) >= 11 is 0. The number of imide groups is 1. The van der Waals surface area contributed by atoms with Crippen molar-refractivity contribution in [2.45, 2.75) is 6.92 Å². The Morgan fingerprint density at radius 1 is 1.46 bits per heavy atom. The average molecular weight is 329 g/mol. The van der Waals surface area contributed by atoms with Gasteiger partial charge in [0.1, 0.15) is 24.1 Å². The molecule has 2 amide bonds. The predicted molar refractivity (Wildman–Crippen MR) is 82.3 cm³/mol. The average Bonchev–Trinajstić information content (AvgIpc) is 3.02. The van der Waals surface area contributed by atoms with E-state index in [2.05, 4.69) is 35.0 Å². The number of hydrogen-bond donors (Lipinski definition) is 3. The highest BCUT2D eigenvalue weighted by molar-refractivity contribution is 6.17. The normalized spacial score (nSPS) is 11.9. The number of H-pyrrole nitrogens is 1. The Labute approximate surface area is 134 Å². The number of aliphatic hydroxyl groups excluding tert-OH is 1. The standard InChI is InChI=1S/C12H11N9O3/c1-6(22)7(12(24)20-8(23)3-19-21-13)2-14-10-9-11(16-4-15-9)18-5-17-10/h2,4-5,22H,3H2,1H3,(H,20,23,24)(H,15,16,17,18)/b7-6-,14-2?. The highest BCUT2D eigenvalue weighted by Gasteiger charge is 2.14. The molecule has 0 fully saturated rings. The minimum Gasteiger partial charge on any atom is -0.512 e. The van der Waals surface area contributed by atoms with Gasteiger partial charge in [-0.1, -0.05) is 5.11 Å². The number of amides is 2. The van der Waals surface area contributed by atoms with E-state index in [1.54, 1.807) is 0 Å². The van der Waals surface area contributed by atoms with Crippen LogP contribution in [-0.2, 0) is 9.59 Å². The number of nitrogens with zero attached hydrogens (tertiary/aromatic N) is 7. The number of carbonyl (C=O) groups is 2. The molecule has 24 heavy (non-hydrogen) atoms. The van der Waals surface area contributed by atoms with Crippen LogP contribution in [0.1, 0.15) is 6.92 Å². The van der Waals surface area contributed by atoms with Gasteiger partial charge in [0.05, 0.1) is 11.9 Å². The fraction of sp³-hybridized carbons (Fsp3) is 0.167. The number of allylic oxidation sites excluding steroid dienone is 1. The van der Waals surface area contributed by atoms with E-state index in [9.17, 15) is 14.7 Å². The molecule has 0 aliphatic carbocycles. The molecule has 0 saturated heterocycles. The van der Waals surface area contributed by atoms with Gasteiger partial charge in [0.2, 0.25) is 5.91 Å². The highest BCUT2D eigenvalue weighted by Crippen LogP contribution is 2.17. The smallest absolute Gasteiger partial charge is 0.262 e. The lowest BCUT2D eigenvalue weighted by Crippen LogP contribution is -2.34. The maximum absolute atomic E-state index is 12.0. The highest BCUT2D eigenvalue weighted by atomic mass is 16.3. The molecular formula is C12H11N9O3. The van der Waals surface area contributed by atoms with E-state index in [0.29, 0.717) is 11.2 Å². The van der Waals surface area contributed by atoms with E-state index in [4.69, 9.17) is 5.53 Å². The van der Waals surface area contributed by atoms with Gasteiger partial charge in [-0.2, -0.15) is 0 Å². The summed E-state index contributed by atoms with van der Waals surface area (Å²) in [5.74, 6) is -1.87. The van der Waals surface area contributed by atoms with Crippen LogP contribution in [0.4, 0.5) is 5.82 Å². The summed E-state index contributed by atoms with van der Waals surface area (Å²) in [6.45, 7) is 0.711. The van der Waals surface area contributed by atoms with Crippen LogP contribution < -0.4 is 5.32 Å². The number of aliphatic hydroxyl groups is 1. The van der Waals surface area contributed by atoms with Gasteiger partial charge in [0, 0.05) is 11.1 Å². The number of rotatable bonds is 5. The Bertz CT molecular complexity index is 888. The molecule has 12 heteroatoms. The summed E-state index contributed by atoms with van der Waals surface area (Å²) < 4.78 is 0. The number of carbonyl (C=O) groups excluding carboxylic acids is 2. The molecule has 0 atom stereocenters. The molecular weight excluding hydrogens is 318 g/mol. The number of aliphatic imine (C=N–C) groups is 1. The predicted octanol–water partition coefficient (Wildman–Crippen LogP) is 0.840. The Morgan fingerprint density at radius 2 is 2.25 bits per heavy atom. The minimum absolute atomic E-state index is 0.199. The largest absolute Gasteiger partial charge is 0.512 e. The van der Waals surface area contributed by atoms with Gasteiger partial charge in [0.25, 0.3) is 5.91 Å². The van der Waals surface area contributed by atoms with Crippen molar-refractivity contribution in [3.63, 3.8) is 0 Å². The first-order chi connectivity index (χ1) is 11.5. The van der Waals surface area contributed by atoms with Crippen molar-refractivity contribution in [1.82, 2.24) is 25.3 Å². The molecule has 0 aliphatic heterocycles. The van der Waals surface area contributed by atoms with Gasteiger partial charge in [-0.3, -0.25) is 14.9 Å². The number of azide groups is 1. The van der Waals surface area contributed by atoms with Crippen molar-refractivity contribution in [3.05, 3.63) is 34.4 Å². The molecule has 2 aromatic heterocycles. The van der Waals surface area contributed by atoms with Crippen LogP contribution in [-0.4, -0.2) is 49.6 Å². The molecule has 2 heterocycles. The summed E-state index contributed by atoms with van der Waals surface area (Å²) in [7, 11) is 0. The van der Waals surface area contributed by atoms with Crippen molar-refractivity contribution in [1.29, 1.82) is 0 Å². The van der Waals surface area contributed by atoms with Crippen LogP contribution in [0.3, 0.4) is 0 Å². The zero-order chi connectivity index (χ0) is 17.5. The van der Waals surface area contributed by atoms with E-state index >= 15 is 0 Å². The Hall–Kier alpha value is -3.79. The molecule has 0 bridgehead atoms. The Kier molecular flexibility index (Phi) is 5.16. The molecule has 0 aliphatic rings. The molecule has 0 radical (unpaired) electrons. The number of nitrogens with one attached hydrogen (secondary N) is 2. The summed E-state index contributed by atoms with van der Waals surface area (Å²) in [6.07, 6.45) is 3.70. The number of imidazole rings is 1. The molecule has 3 N–H and O–H groups in total. The second kappa shape index (κ2) is 7.47. The molecule has 2 rings (SSSR count). The van der Waals surface area contributed by atoms with Crippen LogP contribution in [0.15, 0.2) is 34.1 Å². The van der Waals surface area contributed by atoms with Gasteiger partial charge in [-0.25, -0.2) is 19.9 Å². The van der Waals surface area contributed by atoms with E-state index in [1.165, 1.54) is 19.6 Å². The summed E-state index contributed by atoms with van der Waals surface area (Å²) in [5.41, 5.74) is 8.71. The zero-order valence-electron chi connectivity index (χ0n) is 12.3. The summed E-state index contributed by atoms with van der Waals surface area (Å²) in [6, 6.07) is 0. The van der Waals surface area contributed by atoms with E-state index in [0.717, 1.165) is 6.21 Å². The van der Waals surface area contributed by atoms with Gasteiger partial charge < -0.3 is 10.1 Å². The van der Waals surface area contributed by atoms with Crippen molar-refractivity contribution < 1.29 is 14.7 Å². The van der Waals surface area contributed by atoms with Crippen LogP contribution >= 0.6 is 0 Å². The third-order valence-corrected chi connectivity index (χ3v) is 2.68. The maximum atomic E-state index is 12.0. The topological polar surface area (TPSA) is 182 Å². The second-order valence-electron chi connectivity index (χ2n) is 4.32. The molecule has 12 nitrogen and oxygen atoms in total. The first-order valence-electron chi connectivity index (χ1n) is 6.46. The quantitative estimate of drug-likeness (QED) is 0.182. The van der Waals surface area contributed by atoms with Crippen LogP contribution in [0.25, 0.3) is 21.6 Å². The van der Waals surface area contributed by atoms with E-state index < -0.39 is 18.4 Å². The zero-order valence-corrected chi connectivity index (χ0v) is 12.3. The van der Waals surface area contributed by atoms with Crippen LogP contribution in [0, 0.1) is 0 Å². The molecule has 122 valence electrons. The van der Waals surface area contributed by atoms with Gasteiger partial charge in [-0.15, -0.1) is 0 Å². The number of aromatic amines is 1. The number of fused-ring (bicyclic) bond motifs is 1. The van der Waals surface area contributed by atoms with Crippen molar-refractivity contribution in [2.75, 3.05) is 6.54 Å². The number of hydrogen-bond acceptors (Lipinski definition) is 8.